The molecule has 0 amide bonds. The van der Waals surface area contributed by atoms with Crippen LogP contribution in [0.4, 0.5) is 0 Å². The molecular weight excluding hydrogens is 392 g/mol. The first-order valence-electron chi connectivity index (χ1n) is 14.3. The molecule has 1 N–H and O–H groups in total. The van der Waals surface area contributed by atoms with Crippen LogP contribution in [-0.2, 0) is 4.74 Å². The Morgan fingerprint density at radius 1 is 0.906 bits per heavy atom. The molecule has 4 aliphatic carbocycles. The van der Waals surface area contributed by atoms with Gasteiger partial charge in [-0.2, -0.15) is 0 Å². The number of fused-ring (bicyclic) bond motifs is 2. The molecule has 0 aromatic heterocycles. The van der Waals surface area contributed by atoms with Gasteiger partial charge in [0.1, 0.15) is 0 Å². The minimum absolute atomic E-state index is 0.0340. The first kappa shape index (κ1) is 23.7. The summed E-state index contributed by atoms with van der Waals surface area (Å²) in [5.74, 6) is 4.73. The van der Waals surface area contributed by atoms with E-state index in [9.17, 15) is 5.11 Å². The molecule has 0 aromatic rings. The van der Waals surface area contributed by atoms with Gasteiger partial charge in [0, 0.05) is 5.41 Å². The smallest absolute Gasteiger partial charge is 0.0618 e. The van der Waals surface area contributed by atoms with Crippen molar-refractivity contribution >= 4 is 0 Å². The molecule has 32 heavy (non-hydrogen) atoms. The van der Waals surface area contributed by atoms with E-state index in [1.165, 1.54) is 57.8 Å². The van der Waals surface area contributed by atoms with Gasteiger partial charge in [-0.1, -0.05) is 67.7 Å². The van der Waals surface area contributed by atoms with Crippen molar-refractivity contribution < 1.29 is 9.84 Å². The Labute approximate surface area is 198 Å². The largest absolute Gasteiger partial charge is 0.393 e. The molecule has 1 saturated heterocycles. The molecule has 0 radical (unpaired) electrons. The fourth-order valence-corrected chi connectivity index (χ4v) is 10.9. The van der Waals surface area contributed by atoms with Gasteiger partial charge in [-0.25, -0.2) is 0 Å². The molecule has 0 bridgehead atoms. The Morgan fingerprint density at radius 3 is 2.38 bits per heavy atom. The SMILES string of the molecule is CC(C)CCCC(C)C1CCC2(C)C3CCC4C(C)(C)C(O)CCC45COC(CC12C)C35. The van der Waals surface area contributed by atoms with Crippen LogP contribution in [-0.4, -0.2) is 23.9 Å². The van der Waals surface area contributed by atoms with Crippen LogP contribution in [0.3, 0.4) is 0 Å². The first-order chi connectivity index (χ1) is 15.0. The number of hydrogen-bond donors (Lipinski definition) is 1. The lowest BCUT2D eigenvalue weighted by Gasteiger charge is -2.66. The second-order valence-electron chi connectivity index (χ2n) is 14.7. The Bertz CT molecular complexity index is 714. The summed E-state index contributed by atoms with van der Waals surface area (Å²) in [6.07, 6.45) is 13.5. The van der Waals surface area contributed by atoms with Gasteiger partial charge in [-0.05, 0) is 96.7 Å². The van der Waals surface area contributed by atoms with E-state index in [-0.39, 0.29) is 11.5 Å². The predicted octanol–water partition coefficient (Wildman–Crippen LogP) is 7.48. The number of ether oxygens (including phenoxy) is 1. The maximum atomic E-state index is 10.9. The summed E-state index contributed by atoms with van der Waals surface area (Å²) in [5.41, 5.74) is 1.27. The molecule has 0 aromatic carbocycles. The van der Waals surface area contributed by atoms with Gasteiger partial charge in [0.05, 0.1) is 18.8 Å². The van der Waals surface area contributed by atoms with Crippen molar-refractivity contribution in [3.05, 3.63) is 0 Å². The molecule has 5 aliphatic rings. The van der Waals surface area contributed by atoms with Crippen LogP contribution in [0.5, 0.6) is 0 Å². The Hall–Kier alpha value is -0.0800. The molecule has 2 nitrogen and oxygen atoms in total. The Balaban J connectivity index is 1.43. The number of hydrogen-bond acceptors (Lipinski definition) is 2. The average molecular weight is 445 g/mol. The maximum Gasteiger partial charge on any atom is 0.0618 e. The molecule has 184 valence electrons. The van der Waals surface area contributed by atoms with Crippen molar-refractivity contribution in [1.29, 1.82) is 0 Å². The van der Waals surface area contributed by atoms with E-state index in [2.05, 4.69) is 48.5 Å². The Morgan fingerprint density at radius 2 is 1.66 bits per heavy atom. The van der Waals surface area contributed by atoms with Crippen LogP contribution in [0.2, 0.25) is 0 Å². The van der Waals surface area contributed by atoms with E-state index in [1.54, 1.807) is 0 Å². The highest BCUT2D eigenvalue weighted by Crippen LogP contribution is 2.76. The van der Waals surface area contributed by atoms with Crippen molar-refractivity contribution in [3.63, 3.8) is 0 Å². The first-order valence-corrected chi connectivity index (χ1v) is 14.3. The number of rotatable bonds is 5. The van der Waals surface area contributed by atoms with Gasteiger partial charge >= 0.3 is 0 Å². The second-order valence-corrected chi connectivity index (χ2v) is 14.7. The molecule has 2 heteroatoms. The van der Waals surface area contributed by atoms with E-state index >= 15 is 0 Å². The minimum atomic E-state index is -0.138. The van der Waals surface area contributed by atoms with Crippen LogP contribution in [0.25, 0.3) is 0 Å². The molecule has 1 aliphatic heterocycles. The summed E-state index contributed by atoms with van der Waals surface area (Å²) >= 11 is 0. The molecule has 1 heterocycles. The summed E-state index contributed by atoms with van der Waals surface area (Å²) in [7, 11) is 0. The van der Waals surface area contributed by atoms with Crippen molar-refractivity contribution in [2.24, 2.45) is 57.2 Å². The van der Waals surface area contributed by atoms with Crippen LogP contribution in [0.15, 0.2) is 0 Å². The molecule has 10 unspecified atom stereocenters. The Kier molecular flexibility index (Phi) is 5.70. The summed E-state index contributed by atoms with van der Waals surface area (Å²) in [4.78, 5) is 0. The lowest BCUT2D eigenvalue weighted by atomic mass is 9.38. The van der Waals surface area contributed by atoms with Gasteiger partial charge in [0.2, 0.25) is 0 Å². The van der Waals surface area contributed by atoms with Crippen LogP contribution < -0.4 is 0 Å². The highest BCUT2D eigenvalue weighted by atomic mass is 16.5. The molecule has 5 rings (SSSR count). The van der Waals surface area contributed by atoms with Crippen molar-refractivity contribution in [2.75, 3.05) is 6.61 Å². The second kappa shape index (κ2) is 7.71. The maximum absolute atomic E-state index is 10.9. The molecule has 5 fully saturated rings. The molecule has 10 atom stereocenters. The van der Waals surface area contributed by atoms with E-state index in [0.29, 0.717) is 28.3 Å². The number of aliphatic hydroxyl groups is 1. The lowest BCUT2D eigenvalue weighted by molar-refractivity contribution is -0.193. The predicted molar refractivity (Wildman–Crippen MR) is 132 cm³/mol. The van der Waals surface area contributed by atoms with Gasteiger partial charge in [0.15, 0.2) is 0 Å². The minimum Gasteiger partial charge on any atom is -0.393 e. The fourth-order valence-electron chi connectivity index (χ4n) is 10.9. The standard InChI is InChI=1S/C30H52O2/c1-19(2)9-8-10-20(3)21-13-15-28(6)22-11-12-24-27(4,5)25(31)14-16-30(24)18-32-23(26(22)30)17-29(21,28)7/h19-26,31H,8-18H2,1-7H3. The van der Waals surface area contributed by atoms with E-state index in [4.69, 9.17) is 4.74 Å². The summed E-state index contributed by atoms with van der Waals surface area (Å²) in [6.45, 7) is 18.4. The zero-order chi connectivity index (χ0) is 23.1. The highest BCUT2D eigenvalue weighted by Gasteiger charge is 2.73. The van der Waals surface area contributed by atoms with Gasteiger partial charge in [0.25, 0.3) is 0 Å². The van der Waals surface area contributed by atoms with Crippen molar-refractivity contribution in [1.82, 2.24) is 0 Å². The van der Waals surface area contributed by atoms with E-state index in [0.717, 1.165) is 42.6 Å². The fraction of sp³-hybridized carbons (Fsp3) is 1.00. The lowest BCUT2D eigenvalue weighted by Crippen LogP contribution is -2.63. The summed E-state index contributed by atoms with van der Waals surface area (Å²) in [5, 5.41) is 10.9. The van der Waals surface area contributed by atoms with Crippen molar-refractivity contribution in [2.45, 2.75) is 125 Å². The van der Waals surface area contributed by atoms with Gasteiger partial charge in [-0.15, -0.1) is 0 Å². The third-order valence-corrected chi connectivity index (χ3v) is 12.8. The monoisotopic (exact) mass is 444 g/mol. The van der Waals surface area contributed by atoms with Crippen LogP contribution >= 0.6 is 0 Å². The summed E-state index contributed by atoms with van der Waals surface area (Å²) in [6, 6.07) is 0. The topological polar surface area (TPSA) is 29.5 Å². The van der Waals surface area contributed by atoms with Gasteiger partial charge < -0.3 is 9.84 Å². The summed E-state index contributed by atoms with van der Waals surface area (Å²) < 4.78 is 6.84. The van der Waals surface area contributed by atoms with Crippen LogP contribution in [0, 0.1) is 57.2 Å². The average Bonchev–Trinajstić information content (AvgIpc) is 3.21. The van der Waals surface area contributed by atoms with Crippen LogP contribution in [0.1, 0.15) is 113 Å². The quantitative estimate of drug-likeness (QED) is 0.476. The molecule has 4 saturated carbocycles. The molecule has 1 spiro atoms. The van der Waals surface area contributed by atoms with E-state index < -0.39 is 0 Å². The molecular formula is C30H52O2. The van der Waals surface area contributed by atoms with Gasteiger partial charge in [-0.3, -0.25) is 0 Å². The zero-order valence-corrected chi connectivity index (χ0v) is 22.3. The third-order valence-electron chi connectivity index (χ3n) is 12.8. The third kappa shape index (κ3) is 3.03. The number of aliphatic hydroxyl groups excluding tert-OH is 1. The van der Waals surface area contributed by atoms with E-state index in [1.807, 2.05) is 0 Å². The van der Waals surface area contributed by atoms with Crippen molar-refractivity contribution in [3.8, 4) is 0 Å². The highest BCUT2D eigenvalue weighted by molar-refractivity contribution is 5.21. The zero-order valence-electron chi connectivity index (χ0n) is 22.3. The normalized spacial score (nSPS) is 52.4.